The molecule has 1 N–H and O–H groups in total. The van der Waals surface area contributed by atoms with Crippen molar-refractivity contribution in [3.63, 3.8) is 0 Å². The minimum absolute atomic E-state index is 0.164. The molecule has 0 unspecified atom stereocenters. The number of nitrogens with zero attached hydrogens (tertiary/aromatic N) is 2. The number of H-pyrrole nitrogens is 1. The third kappa shape index (κ3) is 3.38. The lowest BCUT2D eigenvalue weighted by molar-refractivity contribution is 0.835. The Labute approximate surface area is 143 Å². The molecule has 6 heteroatoms. The molecule has 4 nitrogen and oxygen atoms in total. The lowest BCUT2D eigenvalue weighted by atomic mass is 10.2. The Bertz CT molecular complexity index is 907. The molecular formula is C17H13Cl2N3O. The van der Waals surface area contributed by atoms with Crippen molar-refractivity contribution >= 4 is 35.1 Å². The molecule has 2 aromatic carbocycles. The van der Waals surface area contributed by atoms with Crippen molar-refractivity contribution < 1.29 is 0 Å². The first kappa shape index (κ1) is 15.6. The van der Waals surface area contributed by atoms with Gasteiger partial charge in [0.2, 0.25) is 0 Å². The first-order valence-corrected chi connectivity index (χ1v) is 7.67. The van der Waals surface area contributed by atoms with E-state index in [2.05, 4.69) is 10.1 Å². The van der Waals surface area contributed by atoms with Crippen LogP contribution in [0.5, 0.6) is 0 Å². The highest BCUT2D eigenvalue weighted by Gasteiger charge is 2.10. The lowest BCUT2D eigenvalue weighted by Gasteiger charge is -2.00. The molecule has 1 aromatic heterocycles. The molecule has 0 aliphatic heterocycles. The summed E-state index contributed by atoms with van der Waals surface area (Å²) in [6.45, 7) is 1.83. The molecule has 0 spiro atoms. The zero-order valence-corrected chi connectivity index (χ0v) is 13.8. The highest BCUT2D eigenvalue weighted by atomic mass is 35.5. The number of hydrogen-bond donors (Lipinski definition) is 1. The molecule has 0 radical (unpaired) electrons. The van der Waals surface area contributed by atoms with Crippen LogP contribution in [0.25, 0.3) is 5.69 Å². The predicted molar refractivity (Wildman–Crippen MR) is 94.8 cm³/mol. The summed E-state index contributed by atoms with van der Waals surface area (Å²) in [4.78, 5) is 16.9. The monoisotopic (exact) mass is 345 g/mol. The van der Waals surface area contributed by atoms with E-state index in [1.165, 1.54) is 4.68 Å². The van der Waals surface area contributed by atoms with Crippen molar-refractivity contribution in [1.82, 2.24) is 9.78 Å². The van der Waals surface area contributed by atoms with Gasteiger partial charge in [-0.3, -0.25) is 14.9 Å². The van der Waals surface area contributed by atoms with Crippen molar-refractivity contribution in [2.75, 3.05) is 0 Å². The van der Waals surface area contributed by atoms with Gasteiger partial charge in [0.1, 0.15) is 0 Å². The Hall–Kier alpha value is -2.30. The molecule has 23 heavy (non-hydrogen) atoms. The molecule has 0 fully saturated rings. The van der Waals surface area contributed by atoms with Crippen molar-refractivity contribution in [2.24, 2.45) is 4.99 Å². The van der Waals surface area contributed by atoms with Gasteiger partial charge in [-0.05, 0) is 55.5 Å². The quantitative estimate of drug-likeness (QED) is 0.696. The van der Waals surface area contributed by atoms with E-state index < -0.39 is 0 Å². The van der Waals surface area contributed by atoms with Gasteiger partial charge in [0, 0.05) is 22.0 Å². The first-order chi connectivity index (χ1) is 11.0. The van der Waals surface area contributed by atoms with Gasteiger partial charge in [-0.15, -0.1) is 0 Å². The standard InChI is InChI=1S/C17H13Cl2N3O/c1-11-16(10-20-14-6-2-12(18)3-7-14)17(23)22(21-11)15-8-4-13(19)5-9-15/h2-10,21H,1H3. The minimum atomic E-state index is -0.164. The van der Waals surface area contributed by atoms with Gasteiger partial charge < -0.3 is 0 Å². The highest BCUT2D eigenvalue weighted by Crippen LogP contribution is 2.16. The molecule has 0 bridgehead atoms. The highest BCUT2D eigenvalue weighted by molar-refractivity contribution is 6.30. The van der Waals surface area contributed by atoms with Gasteiger partial charge in [-0.2, -0.15) is 0 Å². The molecule has 0 aliphatic rings. The third-order valence-electron chi connectivity index (χ3n) is 3.37. The van der Waals surface area contributed by atoms with Gasteiger partial charge in [-0.25, -0.2) is 4.68 Å². The van der Waals surface area contributed by atoms with Gasteiger partial charge in [0.05, 0.1) is 16.9 Å². The molecule has 0 amide bonds. The number of halogens is 2. The van der Waals surface area contributed by atoms with Crippen LogP contribution in [-0.2, 0) is 0 Å². The second-order valence-corrected chi connectivity index (χ2v) is 5.87. The first-order valence-electron chi connectivity index (χ1n) is 6.92. The number of nitrogens with one attached hydrogen (secondary N) is 1. The molecule has 0 saturated carbocycles. The molecule has 0 aliphatic carbocycles. The van der Waals surface area contributed by atoms with Crippen LogP contribution in [-0.4, -0.2) is 16.0 Å². The van der Waals surface area contributed by atoms with E-state index in [9.17, 15) is 4.79 Å². The Morgan fingerprint density at radius 3 is 2.17 bits per heavy atom. The summed E-state index contributed by atoms with van der Waals surface area (Å²) in [6.07, 6.45) is 1.56. The van der Waals surface area contributed by atoms with E-state index in [1.807, 2.05) is 6.92 Å². The van der Waals surface area contributed by atoms with E-state index in [0.29, 0.717) is 21.3 Å². The summed E-state index contributed by atoms with van der Waals surface area (Å²) >= 11 is 11.7. The third-order valence-corrected chi connectivity index (χ3v) is 3.88. The number of hydrogen-bond acceptors (Lipinski definition) is 2. The Balaban J connectivity index is 1.96. The maximum atomic E-state index is 12.5. The van der Waals surface area contributed by atoms with Crippen LogP contribution in [0.15, 0.2) is 58.3 Å². The second kappa shape index (κ2) is 6.44. The molecular weight excluding hydrogens is 333 g/mol. The van der Waals surface area contributed by atoms with Crippen LogP contribution in [0.4, 0.5) is 5.69 Å². The Kier molecular flexibility index (Phi) is 4.37. The van der Waals surface area contributed by atoms with Gasteiger partial charge in [0.15, 0.2) is 0 Å². The average molecular weight is 346 g/mol. The van der Waals surface area contributed by atoms with Crippen LogP contribution in [0.3, 0.4) is 0 Å². The lowest BCUT2D eigenvalue weighted by Crippen LogP contribution is -2.17. The van der Waals surface area contributed by atoms with Crippen molar-refractivity contribution in [3.8, 4) is 5.69 Å². The number of rotatable bonds is 3. The summed E-state index contributed by atoms with van der Waals surface area (Å²) in [5, 5.41) is 4.31. The Morgan fingerprint density at radius 2 is 1.57 bits per heavy atom. The maximum absolute atomic E-state index is 12.5. The van der Waals surface area contributed by atoms with E-state index in [1.54, 1.807) is 54.7 Å². The predicted octanol–water partition coefficient (Wildman–Crippen LogP) is 4.53. The van der Waals surface area contributed by atoms with Crippen LogP contribution < -0.4 is 5.56 Å². The summed E-state index contributed by atoms with van der Waals surface area (Å²) in [5.74, 6) is 0. The van der Waals surface area contributed by atoms with Gasteiger partial charge in [-0.1, -0.05) is 23.2 Å². The Morgan fingerprint density at radius 1 is 1.00 bits per heavy atom. The summed E-state index contributed by atoms with van der Waals surface area (Å²) in [5.41, 5.74) is 2.53. The number of aromatic nitrogens is 2. The number of aromatic amines is 1. The molecule has 0 atom stereocenters. The van der Waals surface area contributed by atoms with Crippen LogP contribution in [0, 0.1) is 6.92 Å². The fourth-order valence-corrected chi connectivity index (χ4v) is 2.40. The minimum Gasteiger partial charge on any atom is -0.295 e. The number of benzene rings is 2. The van der Waals surface area contributed by atoms with Gasteiger partial charge >= 0.3 is 0 Å². The zero-order chi connectivity index (χ0) is 16.4. The van der Waals surface area contributed by atoms with Crippen LogP contribution in [0.2, 0.25) is 10.0 Å². The van der Waals surface area contributed by atoms with Crippen LogP contribution in [0.1, 0.15) is 11.3 Å². The van der Waals surface area contributed by atoms with Crippen molar-refractivity contribution in [1.29, 1.82) is 0 Å². The van der Waals surface area contributed by atoms with E-state index in [-0.39, 0.29) is 5.56 Å². The largest absolute Gasteiger partial charge is 0.295 e. The van der Waals surface area contributed by atoms with Crippen molar-refractivity contribution in [3.05, 3.63) is 80.2 Å². The zero-order valence-electron chi connectivity index (χ0n) is 12.3. The maximum Gasteiger partial charge on any atom is 0.280 e. The van der Waals surface area contributed by atoms with E-state index >= 15 is 0 Å². The number of aliphatic imine (C=N–C) groups is 1. The topological polar surface area (TPSA) is 50.1 Å². The molecule has 3 aromatic rings. The normalized spacial score (nSPS) is 11.3. The molecule has 3 rings (SSSR count). The second-order valence-electron chi connectivity index (χ2n) is 5.00. The van der Waals surface area contributed by atoms with E-state index in [4.69, 9.17) is 23.2 Å². The van der Waals surface area contributed by atoms with Gasteiger partial charge in [0.25, 0.3) is 5.56 Å². The summed E-state index contributed by atoms with van der Waals surface area (Å²) < 4.78 is 1.47. The number of aryl methyl sites for hydroxylation is 1. The molecule has 0 saturated heterocycles. The SMILES string of the molecule is Cc1[nH]n(-c2ccc(Cl)cc2)c(=O)c1C=Nc1ccc(Cl)cc1. The van der Waals surface area contributed by atoms with Crippen molar-refractivity contribution in [2.45, 2.75) is 6.92 Å². The van der Waals surface area contributed by atoms with Crippen LogP contribution >= 0.6 is 23.2 Å². The fourth-order valence-electron chi connectivity index (χ4n) is 2.15. The fraction of sp³-hybridized carbons (Fsp3) is 0.0588. The molecule has 116 valence electrons. The smallest absolute Gasteiger partial charge is 0.280 e. The summed E-state index contributed by atoms with van der Waals surface area (Å²) in [6, 6.07) is 14.1. The average Bonchev–Trinajstić information content (AvgIpc) is 2.82. The summed E-state index contributed by atoms with van der Waals surface area (Å²) in [7, 11) is 0. The van der Waals surface area contributed by atoms with E-state index in [0.717, 1.165) is 11.4 Å². The molecule has 1 heterocycles.